The Hall–Kier alpha value is -1.31. The number of nitrogens with one attached hydrogen (secondary N) is 1. The maximum absolute atomic E-state index is 12.1. The van der Waals surface area contributed by atoms with Crippen LogP contribution < -0.4 is 5.32 Å². The van der Waals surface area contributed by atoms with E-state index in [2.05, 4.69) is 18.3 Å². The van der Waals surface area contributed by atoms with Gasteiger partial charge in [0.05, 0.1) is 0 Å². The monoisotopic (exact) mass is 231 g/mol. The molecule has 1 aliphatic rings. The van der Waals surface area contributed by atoms with Crippen LogP contribution in [0.15, 0.2) is 18.2 Å². The van der Waals surface area contributed by atoms with E-state index in [0.29, 0.717) is 6.04 Å². The van der Waals surface area contributed by atoms with Crippen molar-refractivity contribution in [2.45, 2.75) is 46.1 Å². The number of aryl methyl sites for hydroxylation is 2. The largest absolute Gasteiger partial charge is 0.349 e. The van der Waals surface area contributed by atoms with Gasteiger partial charge >= 0.3 is 0 Å². The predicted octanol–water partition coefficient (Wildman–Crippen LogP) is 3.22. The Morgan fingerprint density at radius 2 is 1.82 bits per heavy atom. The van der Waals surface area contributed by atoms with Crippen molar-refractivity contribution in [3.05, 3.63) is 34.9 Å². The van der Waals surface area contributed by atoms with Crippen molar-refractivity contribution in [2.24, 2.45) is 5.92 Å². The van der Waals surface area contributed by atoms with E-state index < -0.39 is 0 Å². The Morgan fingerprint density at radius 1 is 1.18 bits per heavy atom. The Balaban J connectivity index is 2.04. The Morgan fingerprint density at radius 3 is 2.35 bits per heavy atom. The SMILES string of the molecule is Cc1cc(C)cc(C(=O)NC2CCC(C)C2)c1. The molecule has 0 aromatic heterocycles. The minimum absolute atomic E-state index is 0.0795. The molecule has 1 aromatic rings. The fourth-order valence-electron chi connectivity index (χ4n) is 2.71. The molecule has 2 heteroatoms. The molecule has 92 valence electrons. The lowest BCUT2D eigenvalue weighted by Gasteiger charge is -2.13. The molecule has 17 heavy (non-hydrogen) atoms. The van der Waals surface area contributed by atoms with Crippen LogP contribution in [-0.4, -0.2) is 11.9 Å². The highest BCUT2D eigenvalue weighted by molar-refractivity contribution is 5.94. The molecule has 2 nitrogen and oxygen atoms in total. The second-order valence-electron chi connectivity index (χ2n) is 5.46. The maximum atomic E-state index is 12.1. The van der Waals surface area contributed by atoms with Crippen molar-refractivity contribution >= 4 is 5.91 Å². The third kappa shape index (κ3) is 3.09. The molecule has 2 rings (SSSR count). The molecule has 1 saturated carbocycles. The van der Waals surface area contributed by atoms with E-state index in [1.54, 1.807) is 0 Å². The zero-order valence-corrected chi connectivity index (χ0v) is 10.9. The second kappa shape index (κ2) is 4.91. The number of hydrogen-bond acceptors (Lipinski definition) is 1. The minimum Gasteiger partial charge on any atom is -0.349 e. The fraction of sp³-hybridized carbons (Fsp3) is 0.533. The summed E-state index contributed by atoms with van der Waals surface area (Å²) < 4.78 is 0. The minimum atomic E-state index is 0.0795. The fourth-order valence-corrected chi connectivity index (χ4v) is 2.71. The highest BCUT2D eigenvalue weighted by Crippen LogP contribution is 2.24. The molecule has 1 aromatic carbocycles. The molecule has 2 unspecified atom stereocenters. The van der Waals surface area contributed by atoms with Gasteiger partial charge in [-0.15, -0.1) is 0 Å². The first-order valence-electron chi connectivity index (χ1n) is 6.44. The van der Waals surface area contributed by atoms with E-state index >= 15 is 0 Å². The van der Waals surface area contributed by atoms with Gasteiger partial charge in [0.25, 0.3) is 5.91 Å². The van der Waals surface area contributed by atoms with Gasteiger partial charge in [0.1, 0.15) is 0 Å². The summed E-state index contributed by atoms with van der Waals surface area (Å²) in [5, 5.41) is 3.14. The van der Waals surface area contributed by atoms with Crippen LogP contribution in [0.3, 0.4) is 0 Å². The summed E-state index contributed by atoms with van der Waals surface area (Å²) >= 11 is 0. The predicted molar refractivity (Wildman–Crippen MR) is 70.2 cm³/mol. The second-order valence-corrected chi connectivity index (χ2v) is 5.46. The summed E-state index contributed by atoms with van der Waals surface area (Å²) in [5.41, 5.74) is 3.09. The van der Waals surface area contributed by atoms with Crippen molar-refractivity contribution in [2.75, 3.05) is 0 Å². The first kappa shape index (κ1) is 12.2. The standard InChI is InChI=1S/C15H21NO/c1-10-4-5-14(9-10)16-15(17)13-7-11(2)6-12(3)8-13/h6-8,10,14H,4-5,9H2,1-3H3,(H,16,17). The van der Waals surface area contributed by atoms with Gasteiger partial charge in [0.2, 0.25) is 0 Å². The quantitative estimate of drug-likeness (QED) is 0.832. The average Bonchev–Trinajstić information content (AvgIpc) is 2.62. The molecule has 0 spiro atoms. The van der Waals surface area contributed by atoms with Gasteiger partial charge in [-0.1, -0.05) is 24.1 Å². The third-order valence-electron chi connectivity index (χ3n) is 3.51. The lowest BCUT2D eigenvalue weighted by atomic mass is 10.1. The van der Waals surface area contributed by atoms with Gasteiger partial charge in [-0.05, 0) is 51.2 Å². The Labute approximate surface area is 103 Å². The molecule has 1 aliphatic carbocycles. The maximum Gasteiger partial charge on any atom is 0.251 e. The van der Waals surface area contributed by atoms with E-state index in [9.17, 15) is 4.79 Å². The zero-order chi connectivity index (χ0) is 12.4. The van der Waals surface area contributed by atoms with Crippen LogP contribution in [0.4, 0.5) is 0 Å². The zero-order valence-electron chi connectivity index (χ0n) is 10.9. The van der Waals surface area contributed by atoms with Gasteiger partial charge < -0.3 is 5.32 Å². The molecule has 0 saturated heterocycles. The lowest BCUT2D eigenvalue weighted by Crippen LogP contribution is -2.32. The molecule has 2 atom stereocenters. The normalized spacial score (nSPS) is 23.7. The Kier molecular flexibility index (Phi) is 3.51. The molecule has 0 aliphatic heterocycles. The van der Waals surface area contributed by atoms with Gasteiger partial charge in [-0.2, -0.15) is 0 Å². The molecule has 0 bridgehead atoms. The number of amides is 1. The van der Waals surface area contributed by atoms with Crippen molar-refractivity contribution in [1.29, 1.82) is 0 Å². The van der Waals surface area contributed by atoms with Crippen LogP contribution in [0.1, 0.15) is 47.7 Å². The van der Waals surface area contributed by atoms with Gasteiger partial charge in [-0.3, -0.25) is 4.79 Å². The van der Waals surface area contributed by atoms with Gasteiger partial charge in [0.15, 0.2) is 0 Å². The van der Waals surface area contributed by atoms with E-state index in [1.165, 1.54) is 6.42 Å². The van der Waals surface area contributed by atoms with E-state index in [-0.39, 0.29) is 5.91 Å². The molecule has 0 heterocycles. The van der Waals surface area contributed by atoms with Crippen LogP contribution in [-0.2, 0) is 0 Å². The smallest absolute Gasteiger partial charge is 0.251 e. The van der Waals surface area contributed by atoms with Gasteiger partial charge in [-0.25, -0.2) is 0 Å². The van der Waals surface area contributed by atoms with Crippen LogP contribution in [0.5, 0.6) is 0 Å². The summed E-state index contributed by atoms with van der Waals surface area (Å²) in [6, 6.07) is 6.38. The van der Waals surface area contributed by atoms with Crippen LogP contribution >= 0.6 is 0 Å². The highest BCUT2D eigenvalue weighted by atomic mass is 16.1. The van der Waals surface area contributed by atoms with Gasteiger partial charge in [0, 0.05) is 11.6 Å². The van der Waals surface area contributed by atoms with E-state index in [0.717, 1.165) is 35.4 Å². The highest BCUT2D eigenvalue weighted by Gasteiger charge is 2.23. The summed E-state index contributed by atoms with van der Waals surface area (Å²) in [6.07, 6.45) is 3.48. The van der Waals surface area contributed by atoms with Crippen molar-refractivity contribution < 1.29 is 4.79 Å². The summed E-state index contributed by atoms with van der Waals surface area (Å²) in [7, 11) is 0. The third-order valence-corrected chi connectivity index (χ3v) is 3.51. The first-order valence-corrected chi connectivity index (χ1v) is 6.44. The van der Waals surface area contributed by atoms with Crippen molar-refractivity contribution in [3.8, 4) is 0 Å². The van der Waals surface area contributed by atoms with Crippen molar-refractivity contribution in [1.82, 2.24) is 5.32 Å². The molecular formula is C15H21NO. The van der Waals surface area contributed by atoms with E-state index in [1.807, 2.05) is 26.0 Å². The van der Waals surface area contributed by atoms with Crippen molar-refractivity contribution in [3.63, 3.8) is 0 Å². The summed E-state index contributed by atoms with van der Waals surface area (Å²) in [6.45, 7) is 6.31. The molecule has 1 fully saturated rings. The number of carbonyl (C=O) groups excluding carboxylic acids is 1. The topological polar surface area (TPSA) is 29.1 Å². The molecular weight excluding hydrogens is 210 g/mol. The summed E-state index contributed by atoms with van der Waals surface area (Å²) in [4.78, 5) is 12.1. The first-order chi connectivity index (χ1) is 8.04. The average molecular weight is 231 g/mol. The van der Waals surface area contributed by atoms with Crippen LogP contribution in [0.25, 0.3) is 0 Å². The molecule has 0 radical (unpaired) electrons. The molecule has 1 amide bonds. The lowest BCUT2D eigenvalue weighted by molar-refractivity contribution is 0.0937. The van der Waals surface area contributed by atoms with Crippen LogP contribution in [0.2, 0.25) is 0 Å². The van der Waals surface area contributed by atoms with E-state index in [4.69, 9.17) is 0 Å². The Bertz CT molecular complexity index is 405. The summed E-state index contributed by atoms with van der Waals surface area (Å²) in [5.74, 6) is 0.829. The molecule has 1 N–H and O–H groups in total. The number of carbonyl (C=O) groups is 1. The number of benzene rings is 1. The number of hydrogen-bond donors (Lipinski definition) is 1. The number of rotatable bonds is 2. The van der Waals surface area contributed by atoms with Crippen LogP contribution in [0, 0.1) is 19.8 Å².